The lowest BCUT2D eigenvalue weighted by atomic mass is 10.1. The number of hydrogen-bond donors (Lipinski definition) is 2. The van der Waals surface area contributed by atoms with E-state index >= 15 is 0 Å². The Hall–Kier alpha value is -3.21. The number of amides is 1. The molecule has 0 unspecified atom stereocenters. The number of nitrogens with zero attached hydrogens (tertiary/aromatic N) is 2. The van der Waals surface area contributed by atoms with Crippen LogP contribution >= 0.6 is 0 Å². The van der Waals surface area contributed by atoms with Crippen LogP contribution in [0.15, 0.2) is 48.8 Å². The molecular weight excluding hydrogens is 336 g/mol. The first kappa shape index (κ1) is 18.6. The van der Waals surface area contributed by atoms with Gasteiger partial charge in [-0.05, 0) is 44.4 Å². The summed E-state index contributed by atoms with van der Waals surface area (Å²) >= 11 is 0. The third-order valence-corrected chi connectivity index (χ3v) is 4.39. The lowest BCUT2D eigenvalue weighted by molar-refractivity contribution is 0.0945. The molecule has 0 aliphatic carbocycles. The number of aryl methyl sites for hydroxylation is 4. The zero-order chi connectivity index (χ0) is 19.4. The normalized spacial score (nSPS) is 10.5. The fraction of sp³-hybridized carbons (Fsp3) is 0.227. The topological polar surface area (TPSA) is 66.9 Å². The smallest absolute Gasteiger partial charge is 0.271 e. The SMILES string of the molecule is Cc1ccc(CNC(=O)c2cnc(Nc3c(C)cc(C)cc3C)cn2)cc1. The summed E-state index contributed by atoms with van der Waals surface area (Å²) in [5, 5.41) is 6.16. The van der Waals surface area contributed by atoms with Gasteiger partial charge in [-0.2, -0.15) is 0 Å². The van der Waals surface area contributed by atoms with Gasteiger partial charge in [-0.25, -0.2) is 9.97 Å². The summed E-state index contributed by atoms with van der Waals surface area (Å²) in [4.78, 5) is 20.8. The molecule has 1 aromatic heterocycles. The molecule has 3 rings (SSSR count). The molecule has 0 saturated carbocycles. The van der Waals surface area contributed by atoms with Gasteiger partial charge in [0.25, 0.3) is 5.91 Å². The highest BCUT2D eigenvalue weighted by molar-refractivity contribution is 5.92. The van der Waals surface area contributed by atoms with Crippen molar-refractivity contribution in [2.45, 2.75) is 34.2 Å². The zero-order valence-corrected chi connectivity index (χ0v) is 16.1. The third-order valence-electron chi connectivity index (χ3n) is 4.39. The third kappa shape index (κ3) is 4.70. The Kier molecular flexibility index (Phi) is 5.50. The predicted octanol–water partition coefficient (Wildman–Crippen LogP) is 4.38. The van der Waals surface area contributed by atoms with E-state index in [2.05, 4.69) is 53.5 Å². The molecule has 5 nitrogen and oxygen atoms in total. The molecule has 0 atom stereocenters. The van der Waals surface area contributed by atoms with Crippen LogP contribution in [-0.2, 0) is 6.54 Å². The van der Waals surface area contributed by atoms with E-state index in [1.54, 1.807) is 6.20 Å². The van der Waals surface area contributed by atoms with E-state index in [1.165, 1.54) is 17.3 Å². The quantitative estimate of drug-likeness (QED) is 0.708. The highest BCUT2D eigenvalue weighted by Gasteiger charge is 2.09. The Morgan fingerprint density at radius 2 is 1.56 bits per heavy atom. The molecule has 0 saturated heterocycles. The number of anilines is 2. The summed E-state index contributed by atoms with van der Waals surface area (Å²) in [6.45, 7) is 8.69. The minimum Gasteiger partial charge on any atom is -0.347 e. The lowest BCUT2D eigenvalue weighted by Gasteiger charge is -2.13. The maximum absolute atomic E-state index is 12.3. The maximum Gasteiger partial charge on any atom is 0.271 e. The number of carbonyl (C=O) groups is 1. The van der Waals surface area contributed by atoms with Crippen LogP contribution in [0.3, 0.4) is 0 Å². The van der Waals surface area contributed by atoms with E-state index < -0.39 is 0 Å². The molecule has 5 heteroatoms. The Bertz CT molecular complexity index is 924. The van der Waals surface area contributed by atoms with Gasteiger partial charge in [0.15, 0.2) is 0 Å². The van der Waals surface area contributed by atoms with Crippen molar-refractivity contribution >= 4 is 17.4 Å². The molecule has 2 N–H and O–H groups in total. The van der Waals surface area contributed by atoms with E-state index in [0.29, 0.717) is 18.1 Å². The van der Waals surface area contributed by atoms with Crippen LogP contribution in [0.4, 0.5) is 11.5 Å². The molecule has 27 heavy (non-hydrogen) atoms. The van der Waals surface area contributed by atoms with Crippen molar-refractivity contribution in [1.82, 2.24) is 15.3 Å². The molecule has 0 fully saturated rings. The second kappa shape index (κ2) is 7.99. The van der Waals surface area contributed by atoms with Crippen molar-refractivity contribution in [1.29, 1.82) is 0 Å². The molecule has 3 aromatic rings. The molecule has 138 valence electrons. The second-order valence-corrected chi connectivity index (χ2v) is 6.85. The fourth-order valence-corrected chi connectivity index (χ4v) is 2.99. The largest absolute Gasteiger partial charge is 0.347 e. The first-order valence-corrected chi connectivity index (χ1v) is 8.93. The number of hydrogen-bond acceptors (Lipinski definition) is 4. The highest BCUT2D eigenvalue weighted by atomic mass is 16.1. The van der Waals surface area contributed by atoms with Crippen molar-refractivity contribution in [3.63, 3.8) is 0 Å². The standard InChI is InChI=1S/C22H24N4O/c1-14-5-7-18(8-6-14)11-25-22(27)19-12-24-20(13-23-19)26-21-16(3)9-15(2)10-17(21)4/h5-10,12-13H,11H2,1-4H3,(H,24,26)(H,25,27). The van der Waals surface area contributed by atoms with E-state index in [4.69, 9.17) is 0 Å². The highest BCUT2D eigenvalue weighted by Crippen LogP contribution is 2.24. The maximum atomic E-state index is 12.3. The predicted molar refractivity (Wildman–Crippen MR) is 108 cm³/mol. The monoisotopic (exact) mass is 360 g/mol. The second-order valence-electron chi connectivity index (χ2n) is 6.85. The Labute approximate surface area is 159 Å². The summed E-state index contributed by atoms with van der Waals surface area (Å²) in [6.07, 6.45) is 3.07. The summed E-state index contributed by atoms with van der Waals surface area (Å²) in [5.74, 6) is 0.373. The van der Waals surface area contributed by atoms with Crippen LogP contribution in [-0.4, -0.2) is 15.9 Å². The summed E-state index contributed by atoms with van der Waals surface area (Å²) in [6, 6.07) is 12.3. The molecule has 0 bridgehead atoms. The zero-order valence-electron chi connectivity index (χ0n) is 16.1. The number of carbonyl (C=O) groups excluding carboxylic acids is 1. The molecule has 1 amide bonds. The van der Waals surface area contributed by atoms with Gasteiger partial charge in [-0.15, -0.1) is 0 Å². The fourth-order valence-electron chi connectivity index (χ4n) is 2.99. The Morgan fingerprint density at radius 1 is 0.889 bits per heavy atom. The van der Waals surface area contributed by atoms with Gasteiger partial charge < -0.3 is 10.6 Å². The van der Waals surface area contributed by atoms with Crippen molar-refractivity contribution in [2.24, 2.45) is 0 Å². The van der Waals surface area contributed by atoms with Crippen molar-refractivity contribution < 1.29 is 4.79 Å². The molecule has 0 aliphatic rings. The number of benzene rings is 2. The molecular formula is C22H24N4O. The van der Waals surface area contributed by atoms with Gasteiger partial charge in [-0.1, -0.05) is 47.5 Å². The molecule has 0 spiro atoms. The summed E-state index contributed by atoms with van der Waals surface area (Å²) in [5.41, 5.74) is 7.07. The Balaban J connectivity index is 1.64. The number of aromatic nitrogens is 2. The van der Waals surface area contributed by atoms with Crippen LogP contribution in [0.5, 0.6) is 0 Å². The summed E-state index contributed by atoms with van der Waals surface area (Å²) in [7, 11) is 0. The van der Waals surface area contributed by atoms with E-state index in [1.807, 2.05) is 31.2 Å². The van der Waals surface area contributed by atoms with Gasteiger partial charge in [0, 0.05) is 12.2 Å². The van der Waals surface area contributed by atoms with Crippen LogP contribution in [0, 0.1) is 27.7 Å². The van der Waals surface area contributed by atoms with Crippen LogP contribution < -0.4 is 10.6 Å². The van der Waals surface area contributed by atoms with Crippen LogP contribution in [0.1, 0.15) is 38.3 Å². The molecule has 1 heterocycles. The van der Waals surface area contributed by atoms with Gasteiger partial charge in [0.2, 0.25) is 0 Å². The molecule has 0 radical (unpaired) electrons. The Morgan fingerprint density at radius 3 is 2.15 bits per heavy atom. The van der Waals surface area contributed by atoms with Gasteiger partial charge in [0.05, 0.1) is 12.4 Å². The number of rotatable bonds is 5. The number of nitrogens with one attached hydrogen (secondary N) is 2. The molecule has 0 aliphatic heterocycles. The lowest BCUT2D eigenvalue weighted by Crippen LogP contribution is -2.24. The van der Waals surface area contributed by atoms with Gasteiger partial charge in [0.1, 0.15) is 11.5 Å². The van der Waals surface area contributed by atoms with E-state index in [9.17, 15) is 4.79 Å². The van der Waals surface area contributed by atoms with E-state index in [-0.39, 0.29) is 5.91 Å². The van der Waals surface area contributed by atoms with Gasteiger partial charge in [-0.3, -0.25) is 4.79 Å². The van der Waals surface area contributed by atoms with Crippen LogP contribution in [0.2, 0.25) is 0 Å². The van der Waals surface area contributed by atoms with Crippen LogP contribution in [0.25, 0.3) is 0 Å². The minimum atomic E-state index is -0.239. The average Bonchev–Trinajstić information content (AvgIpc) is 2.64. The first-order chi connectivity index (χ1) is 12.9. The first-order valence-electron chi connectivity index (χ1n) is 8.93. The van der Waals surface area contributed by atoms with Crippen molar-refractivity contribution in [3.8, 4) is 0 Å². The van der Waals surface area contributed by atoms with Crippen molar-refractivity contribution in [2.75, 3.05) is 5.32 Å². The average molecular weight is 360 g/mol. The molecule has 2 aromatic carbocycles. The van der Waals surface area contributed by atoms with Crippen molar-refractivity contribution in [3.05, 3.63) is 82.3 Å². The van der Waals surface area contributed by atoms with Gasteiger partial charge >= 0.3 is 0 Å². The summed E-state index contributed by atoms with van der Waals surface area (Å²) < 4.78 is 0. The van der Waals surface area contributed by atoms with E-state index in [0.717, 1.165) is 22.4 Å². The minimum absolute atomic E-state index is 0.239.